The van der Waals surface area contributed by atoms with Crippen molar-refractivity contribution >= 4 is 7.12 Å². The molecule has 3 nitrogen and oxygen atoms in total. The van der Waals surface area contributed by atoms with Crippen LogP contribution in [0.4, 0.5) is 0 Å². The van der Waals surface area contributed by atoms with Crippen LogP contribution in [-0.4, -0.2) is 22.2 Å². The number of hydrogen-bond donors (Lipinski definition) is 2. The molecule has 0 aromatic carbocycles. The molecule has 2 N–H and O–H groups in total. The highest BCUT2D eigenvalue weighted by molar-refractivity contribution is 6.43. The molecule has 4 heteroatoms. The van der Waals surface area contributed by atoms with Crippen molar-refractivity contribution in [3.05, 3.63) is 29.6 Å². The lowest BCUT2D eigenvalue weighted by Crippen LogP contribution is -2.21. The number of pyridine rings is 1. The van der Waals surface area contributed by atoms with Crippen LogP contribution in [0.1, 0.15) is 23.5 Å². The third-order valence-electron chi connectivity index (χ3n) is 2.36. The molecule has 1 heterocycles. The van der Waals surface area contributed by atoms with Crippen molar-refractivity contribution in [2.45, 2.75) is 18.7 Å². The second-order valence-corrected chi connectivity index (χ2v) is 3.11. The maximum absolute atomic E-state index is 9.01. The molecular weight excluding hydrogens is 153 g/mol. The van der Waals surface area contributed by atoms with Crippen LogP contribution in [0.5, 0.6) is 0 Å². The summed E-state index contributed by atoms with van der Waals surface area (Å²) in [4.78, 5) is 4.14. The standard InChI is InChI=1S/C8H10BNO2/c11-9(12)7-4-3-6-2-1-5-10-8(6)7/h1-2,5,7,11-12H,3-4H2. The van der Waals surface area contributed by atoms with E-state index in [1.54, 1.807) is 6.20 Å². The molecule has 0 fully saturated rings. The van der Waals surface area contributed by atoms with Crippen LogP contribution in [0.3, 0.4) is 0 Å². The van der Waals surface area contributed by atoms with Gasteiger partial charge >= 0.3 is 7.12 Å². The van der Waals surface area contributed by atoms with E-state index in [2.05, 4.69) is 4.98 Å². The van der Waals surface area contributed by atoms with E-state index in [4.69, 9.17) is 10.0 Å². The fraction of sp³-hybridized carbons (Fsp3) is 0.375. The van der Waals surface area contributed by atoms with Crippen molar-refractivity contribution in [3.63, 3.8) is 0 Å². The van der Waals surface area contributed by atoms with E-state index in [1.807, 2.05) is 12.1 Å². The van der Waals surface area contributed by atoms with E-state index in [-0.39, 0.29) is 5.82 Å². The molecule has 1 aliphatic rings. The van der Waals surface area contributed by atoms with Gasteiger partial charge in [-0.05, 0) is 24.5 Å². The first kappa shape index (κ1) is 7.77. The van der Waals surface area contributed by atoms with Crippen LogP contribution in [0.25, 0.3) is 0 Å². The van der Waals surface area contributed by atoms with Gasteiger partial charge in [-0.25, -0.2) is 0 Å². The third kappa shape index (κ3) is 1.13. The Bertz CT molecular complexity index is 290. The van der Waals surface area contributed by atoms with Gasteiger partial charge in [-0.15, -0.1) is 0 Å². The summed E-state index contributed by atoms with van der Waals surface area (Å²) in [6.07, 6.45) is 3.40. The lowest BCUT2D eigenvalue weighted by atomic mass is 9.71. The Balaban J connectivity index is 2.36. The maximum Gasteiger partial charge on any atom is 0.461 e. The Morgan fingerprint density at radius 1 is 1.50 bits per heavy atom. The van der Waals surface area contributed by atoms with Gasteiger partial charge in [0.05, 0.1) is 0 Å². The minimum atomic E-state index is -1.26. The number of hydrogen-bond acceptors (Lipinski definition) is 3. The van der Waals surface area contributed by atoms with Crippen LogP contribution >= 0.6 is 0 Å². The maximum atomic E-state index is 9.01. The molecule has 1 atom stereocenters. The third-order valence-corrected chi connectivity index (χ3v) is 2.36. The summed E-state index contributed by atoms with van der Waals surface area (Å²) in [6.45, 7) is 0. The summed E-state index contributed by atoms with van der Waals surface area (Å²) in [5, 5.41) is 18.0. The summed E-state index contributed by atoms with van der Waals surface area (Å²) >= 11 is 0. The normalized spacial score (nSPS) is 20.7. The van der Waals surface area contributed by atoms with E-state index in [1.165, 1.54) is 0 Å². The zero-order chi connectivity index (χ0) is 8.55. The first-order valence-corrected chi connectivity index (χ1v) is 4.09. The van der Waals surface area contributed by atoms with Gasteiger partial charge in [-0.2, -0.15) is 0 Å². The predicted octanol–water partition coefficient (Wildman–Crippen LogP) is 0.123. The molecule has 0 saturated carbocycles. The number of rotatable bonds is 1. The van der Waals surface area contributed by atoms with Crippen LogP contribution in [0.15, 0.2) is 18.3 Å². The topological polar surface area (TPSA) is 53.4 Å². The van der Waals surface area contributed by atoms with Gasteiger partial charge in [0.25, 0.3) is 0 Å². The average molecular weight is 163 g/mol. The molecule has 0 radical (unpaired) electrons. The minimum Gasteiger partial charge on any atom is -0.427 e. The van der Waals surface area contributed by atoms with Crippen molar-refractivity contribution in [1.82, 2.24) is 4.98 Å². The Kier molecular flexibility index (Phi) is 1.86. The van der Waals surface area contributed by atoms with Gasteiger partial charge in [0.1, 0.15) is 0 Å². The quantitative estimate of drug-likeness (QED) is 0.578. The Morgan fingerprint density at radius 2 is 2.33 bits per heavy atom. The molecule has 1 aliphatic carbocycles. The van der Waals surface area contributed by atoms with Crippen molar-refractivity contribution in [1.29, 1.82) is 0 Å². The Morgan fingerprint density at radius 3 is 3.08 bits per heavy atom. The van der Waals surface area contributed by atoms with Gasteiger partial charge in [0.15, 0.2) is 0 Å². The fourth-order valence-electron chi connectivity index (χ4n) is 1.73. The lowest BCUT2D eigenvalue weighted by Gasteiger charge is -2.07. The molecule has 62 valence electrons. The van der Waals surface area contributed by atoms with E-state index in [0.717, 1.165) is 24.1 Å². The molecule has 1 aromatic heterocycles. The number of fused-ring (bicyclic) bond motifs is 1. The minimum absolute atomic E-state index is 0.179. The molecule has 0 amide bonds. The van der Waals surface area contributed by atoms with Gasteiger partial charge in [0, 0.05) is 17.7 Å². The largest absolute Gasteiger partial charge is 0.461 e. The highest BCUT2D eigenvalue weighted by Crippen LogP contribution is 2.31. The highest BCUT2D eigenvalue weighted by atomic mass is 16.4. The van der Waals surface area contributed by atoms with Crippen molar-refractivity contribution < 1.29 is 10.0 Å². The summed E-state index contributed by atoms with van der Waals surface area (Å²) in [5.41, 5.74) is 2.00. The lowest BCUT2D eigenvalue weighted by molar-refractivity contribution is 0.385. The summed E-state index contributed by atoms with van der Waals surface area (Å²) in [6, 6.07) is 3.87. The van der Waals surface area contributed by atoms with Crippen LogP contribution in [0, 0.1) is 0 Å². The van der Waals surface area contributed by atoms with Crippen molar-refractivity contribution in [2.24, 2.45) is 0 Å². The fourth-order valence-corrected chi connectivity index (χ4v) is 1.73. The average Bonchev–Trinajstić information content (AvgIpc) is 2.47. The number of aryl methyl sites for hydroxylation is 1. The second-order valence-electron chi connectivity index (χ2n) is 3.11. The van der Waals surface area contributed by atoms with Crippen LogP contribution in [-0.2, 0) is 6.42 Å². The summed E-state index contributed by atoms with van der Waals surface area (Å²) in [7, 11) is -1.26. The number of aromatic nitrogens is 1. The molecule has 0 aliphatic heterocycles. The van der Waals surface area contributed by atoms with Crippen molar-refractivity contribution in [2.75, 3.05) is 0 Å². The molecule has 0 saturated heterocycles. The van der Waals surface area contributed by atoms with Crippen LogP contribution < -0.4 is 0 Å². The zero-order valence-corrected chi connectivity index (χ0v) is 6.64. The van der Waals surface area contributed by atoms with E-state index >= 15 is 0 Å². The molecular formula is C8H10BNO2. The molecule has 0 bridgehead atoms. The van der Waals surface area contributed by atoms with Crippen molar-refractivity contribution in [3.8, 4) is 0 Å². The first-order valence-electron chi connectivity index (χ1n) is 4.09. The predicted molar refractivity (Wildman–Crippen MR) is 45.5 cm³/mol. The summed E-state index contributed by atoms with van der Waals surface area (Å²) < 4.78 is 0. The van der Waals surface area contributed by atoms with E-state index in [9.17, 15) is 0 Å². The Hall–Kier alpha value is -0.865. The monoisotopic (exact) mass is 163 g/mol. The van der Waals surface area contributed by atoms with Crippen LogP contribution in [0.2, 0.25) is 0 Å². The van der Waals surface area contributed by atoms with Gasteiger partial charge in [0.2, 0.25) is 0 Å². The molecule has 1 unspecified atom stereocenters. The van der Waals surface area contributed by atoms with Gasteiger partial charge < -0.3 is 10.0 Å². The second kappa shape index (κ2) is 2.88. The van der Waals surface area contributed by atoms with E-state index in [0.29, 0.717) is 0 Å². The molecule has 1 aromatic rings. The summed E-state index contributed by atoms with van der Waals surface area (Å²) in [5.74, 6) is -0.179. The first-order chi connectivity index (χ1) is 5.79. The molecule has 12 heavy (non-hydrogen) atoms. The highest BCUT2D eigenvalue weighted by Gasteiger charge is 2.32. The zero-order valence-electron chi connectivity index (χ0n) is 6.64. The van der Waals surface area contributed by atoms with E-state index < -0.39 is 7.12 Å². The molecule has 2 rings (SSSR count). The van der Waals surface area contributed by atoms with Gasteiger partial charge in [-0.1, -0.05) is 6.07 Å². The van der Waals surface area contributed by atoms with Gasteiger partial charge in [-0.3, -0.25) is 4.98 Å². The molecule has 0 spiro atoms. The smallest absolute Gasteiger partial charge is 0.427 e. The number of nitrogens with zero attached hydrogens (tertiary/aromatic N) is 1. The SMILES string of the molecule is OB(O)C1CCc2cccnc21. The Labute approximate surface area is 71.2 Å².